The van der Waals surface area contributed by atoms with E-state index in [1.807, 2.05) is 72.8 Å². The normalized spacial score (nSPS) is 15.5. The first kappa shape index (κ1) is 20.7. The van der Waals surface area contributed by atoms with Crippen LogP contribution in [0.1, 0.15) is 17.2 Å². The highest BCUT2D eigenvalue weighted by Gasteiger charge is 2.33. The van der Waals surface area contributed by atoms with Gasteiger partial charge in [0, 0.05) is 11.3 Å². The van der Waals surface area contributed by atoms with Crippen LogP contribution in [-0.4, -0.2) is 29.9 Å². The molecule has 0 bridgehead atoms. The van der Waals surface area contributed by atoms with Gasteiger partial charge in [-0.25, -0.2) is 4.39 Å². The van der Waals surface area contributed by atoms with E-state index in [1.54, 1.807) is 0 Å². The summed E-state index contributed by atoms with van der Waals surface area (Å²) in [6.45, 7) is -0.421. The molecule has 0 radical (unpaired) electrons. The lowest BCUT2D eigenvalue weighted by Gasteiger charge is -2.30. The number of fused-ring (bicyclic) bond motifs is 2. The molecule has 0 saturated carbocycles. The number of anilines is 1. The molecule has 1 aliphatic rings. The van der Waals surface area contributed by atoms with Crippen LogP contribution in [0.25, 0.3) is 10.8 Å². The molecule has 0 spiro atoms. The molecular formula is C27H21FN2O3. The summed E-state index contributed by atoms with van der Waals surface area (Å²) in [6.07, 6.45) is 0. The number of hydrogen-bond donors (Lipinski definition) is 1. The predicted molar refractivity (Wildman–Crippen MR) is 124 cm³/mol. The number of hydrogen-bond acceptors (Lipinski definition) is 3. The van der Waals surface area contributed by atoms with Gasteiger partial charge < -0.3 is 15.0 Å². The minimum Gasteiger partial charge on any atom is -0.484 e. The van der Waals surface area contributed by atoms with Crippen LogP contribution < -0.4 is 10.1 Å². The van der Waals surface area contributed by atoms with Gasteiger partial charge in [0.25, 0.3) is 5.91 Å². The molecule has 0 unspecified atom stereocenters. The van der Waals surface area contributed by atoms with Crippen molar-refractivity contribution in [3.8, 4) is 5.75 Å². The Bertz CT molecular complexity index is 1340. The lowest BCUT2D eigenvalue weighted by atomic mass is 9.95. The second-order valence-corrected chi connectivity index (χ2v) is 7.91. The fourth-order valence-electron chi connectivity index (χ4n) is 4.19. The van der Waals surface area contributed by atoms with E-state index >= 15 is 0 Å². The summed E-state index contributed by atoms with van der Waals surface area (Å²) in [7, 11) is 0. The van der Waals surface area contributed by atoms with Crippen molar-refractivity contribution in [1.29, 1.82) is 0 Å². The average molecular weight is 440 g/mol. The van der Waals surface area contributed by atoms with Crippen LogP contribution >= 0.6 is 0 Å². The van der Waals surface area contributed by atoms with E-state index in [0.29, 0.717) is 17.0 Å². The van der Waals surface area contributed by atoms with Gasteiger partial charge >= 0.3 is 0 Å². The van der Waals surface area contributed by atoms with Gasteiger partial charge in [0.1, 0.15) is 18.1 Å². The van der Waals surface area contributed by atoms with Crippen molar-refractivity contribution < 1.29 is 18.7 Å². The maximum absolute atomic E-state index is 14.2. The number of carbonyl (C=O) groups excluding carboxylic acids is 2. The number of carbonyl (C=O) groups is 2. The second kappa shape index (κ2) is 8.74. The lowest BCUT2D eigenvalue weighted by Crippen LogP contribution is -2.41. The quantitative estimate of drug-likeness (QED) is 0.490. The monoisotopic (exact) mass is 440 g/mol. The Kier molecular flexibility index (Phi) is 5.48. The Morgan fingerprint density at radius 3 is 2.52 bits per heavy atom. The Morgan fingerprint density at radius 1 is 0.939 bits per heavy atom. The largest absolute Gasteiger partial charge is 0.484 e. The molecule has 33 heavy (non-hydrogen) atoms. The van der Waals surface area contributed by atoms with E-state index in [2.05, 4.69) is 5.32 Å². The number of rotatable bonds is 4. The van der Waals surface area contributed by atoms with Gasteiger partial charge in [-0.15, -0.1) is 0 Å². The van der Waals surface area contributed by atoms with E-state index < -0.39 is 11.9 Å². The zero-order valence-corrected chi connectivity index (χ0v) is 17.7. The molecule has 0 aromatic heterocycles. The van der Waals surface area contributed by atoms with Gasteiger partial charge in [-0.3, -0.25) is 9.59 Å². The zero-order valence-electron chi connectivity index (χ0n) is 17.7. The molecule has 5 rings (SSSR count). The molecule has 6 heteroatoms. The number of benzene rings is 4. The summed E-state index contributed by atoms with van der Waals surface area (Å²) < 4.78 is 20.0. The Labute approximate surface area is 190 Å². The summed E-state index contributed by atoms with van der Waals surface area (Å²) >= 11 is 0. The third kappa shape index (κ3) is 4.28. The molecule has 1 heterocycles. The van der Waals surface area contributed by atoms with Gasteiger partial charge in [0.05, 0.1) is 6.04 Å². The Hall–Kier alpha value is -4.19. The van der Waals surface area contributed by atoms with Crippen molar-refractivity contribution in [3.63, 3.8) is 0 Å². The molecule has 2 amide bonds. The molecule has 0 fully saturated rings. The molecule has 0 saturated heterocycles. The summed E-state index contributed by atoms with van der Waals surface area (Å²) in [5, 5.41) is 4.86. The standard InChI is InChI=1S/C27H21FN2O3/c28-21-11-13-24-23(15-21)27(19-7-2-1-3-8-19)30(16-25(31)29-24)26(32)17-33-22-12-10-18-6-4-5-9-20(18)14-22/h1-15,27H,16-17H2,(H,29,31)/t27-/m1/s1. The van der Waals surface area contributed by atoms with Crippen LogP contribution in [0, 0.1) is 5.82 Å². The highest BCUT2D eigenvalue weighted by Crippen LogP contribution is 2.36. The number of nitrogens with zero attached hydrogens (tertiary/aromatic N) is 1. The van der Waals surface area contributed by atoms with E-state index in [9.17, 15) is 14.0 Å². The van der Waals surface area contributed by atoms with E-state index in [-0.39, 0.29) is 25.0 Å². The van der Waals surface area contributed by atoms with Crippen LogP contribution in [0.5, 0.6) is 5.75 Å². The summed E-state index contributed by atoms with van der Waals surface area (Å²) in [4.78, 5) is 27.4. The van der Waals surface area contributed by atoms with Crippen molar-refractivity contribution in [3.05, 3.63) is 108 Å². The fourth-order valence-corrected chi connectivity index (χ4v) is 4.19. The van der Waals surface area contributed by atoms with Crippen LogP contribution in [0.2, 0.25) is 0 Å². The first-order valence-electron chi connectivity index (χ1n) is 10.6. The molecule has 1 N–H and O–H groups in total. The SMILES string of the molecule is O=C1CN(C(=O)COc2ccc3ccccc3c2)[C@H](c2ccccc2)c2cc(F)ccc2N1. The fraction of sp³-hybridized carbons (Fsp3) is 0.111. The first-order valence-corrected chi connectivity index (χ1v) is 10.6. The molecule has 1 atom stereocenters. The molecule has 1 aliphatic heterocycles. The number of amides is 2. The van der Waals surface area contributed by atoms with Crippen molar-refractivity contribution in [1.82, 2.24) is 4.90 Å². The van der Waals surface area contributed by atoms with E-state index in [1.165, 1.54) is 23.1 Å². The summed E-state index contributed by atoms with van der Waals surface area (Å²) in [5.41, 5.74) is 1.78. The zero-order chi connectivity index (χ0) is 22.8. The molecule has 0 aliphatic carbocycles. The molecule has 164 valence electrons. The Balaban J connectivity index is 1.47. The lowest BCUT2D eigenvalue weighted by molar-refractivity contribution is -0.138. The smallest absolute Gasteiger partial charge is 0.261 e. The minimum absolute atomic E-state index is 0.171. The summed E-state index contributed by atoms with van der Waals surface area (Å²) in [6, 6.07) is 26.3. The van der Waals surface area contributed by atoms with Gasteiger partial charge in [-0.05, 0) is 46.7 Å². The van der Waals surface area contributed by atoms with Crippen LogP contribution in [-0.2, 0) is 9.59 Å². The maximum atomic E-state index is 14.2. The topological polar surface area (TPSA) is 58.6 Å². The molecule has 5 nitrogen and oxygen atoms in total. The number of halogens is 1. The third-order valence-electron chi connectivity index (χ3n) is 5.73. The van der Waals surface area contributed by atoms with Gasteiger partial charge in [-0.2, -0.15) is 0 Å². The van der Waals surface area contributed by atoms with Crippen LogP contribution in [0.3, 0.4) is 0 Å². The number of nitrogens with one attached hydrogen (secondary N) is 1. The highest BCUT2D eigenvalue weighted by molar-refractivity contribution is 5.97. The van der Waals surface area contributed by atoms with Gasteiger partial charge in [-0.1, -0.05) is 60.7 Å². The summed E-state index contributed by atoms with van der Waals surface area (Å²) in [5.74, 6) is -0.598. The van der Waals surface area contributed by atoms with Crippen LogP contribution in [0.4, 0.5) is 10.1 Å². The van der Waals surface area contributed by atoms with E-state index in [0.717, 1.165) is 16.3 Å². The van der Waals surface area contributed by atoms with Crippen molar-refractivity contribution in [2.75, 3.05) is 18.5 Å². The van der Waals surface area contributed by atoms with Gasteiger partial charge in [0.15, 0.2) is 6.61 Å². The Morgan fingerprint density at radius 2 is 1.70 bits per heavy atom. The number of ether oxygens (including phenoxy) is 1. The molecule has 4 aromatic carbocycles. The van der Waals surface area contributed by atoms with Crippen molar-refractivity contribution in [2.45, 2.75) is 6.04 Å². The minimum atomic E-state index is -0.636. The van der Waals surface area contributed by atoms with Gasteiger partial charge in [0.2, 0.25) is 5.91 Å². The molecule has 4 aromatic rings. The van der Waals surface area contributed by atoms with Crippen molar-refractivity contribution >= 4 is 28.3 Å². The first-order chi connectivity index (χ1) is 16.1. The second-order valence-electron chi connectivity index (χ2n) is 7.91. The highest BCUT2D eigenvalue weighted by atomic mass is 19.1. The van der Waals surface area contributed by atoms with Crippen LogP contribution in [0.15, 0.2) is 91.0 Å². The van der Waals surface area contributed by atoms with Crippen molar-refractivity contribution in [2.24, 2.45) is 0 Å². The third-order valence-corrected chi connectivity index (χ3v) is 5.73. The molecular weight excluding hydrogens is 419 g/mol. The average Bonchev–Trinajstić information content (AvgIpc) is 2.98. The maximum Gasteiger partial charge on any atom is 0.261 e. The van der Waals surface area contributed by atoms with E-state index in [4.69, 9.17) is 4.74 Å². The predicted octanol–water partition coefficient (Wildman–Crippen LogP) is 4.93.